The Morgan fingerprint density at radius 3 is 2.77 bits per heavy atom. The van der Waals surface area contributed by atoms with Crippen molar-refractivity contribution in [3.05, 3.63) is 81.0 Å². The molecule has 2 aromatic carbocycles. The van der Waals surface area contributed by atoms with Crippen LogP contribution in [-0.4, -0.2) is 25.1 Å². The molecule has 8 nitrogen and oxygen atoms in total. The van der Waals surface area contributed by atoms with E-state index in [1.165, 1.54) is 16.8 Å². The molecule has 1 N–H and O–H groups in total. The number of anilines is 1. The van der Waals surface area contributed by atoms with E-state index in [0.29, 0.717) is 16.5 Å². The summed E-state index contributed by atoms with van der Waals surface area (Å²) in [4.78, 5) is 29.5. The van der Waals surface area contributed by atoms with Gasteiger partial charge in [0.15, 0.2) is 0 Å². The second-order valence-electron chi connectivity index (χ2n) is 7.17. The predicted molar refractivity (Wildman–Crippen MR) is 118 cm³/mol. The number of benzene rings is 2. The van der Waals surface area contributed by atoms with Gasteiger partial charge in [-0.3, -0.25) is 4.79 Å². The fraction of sp³-hybridized carbons (Fsp3) is 0.182. The van der Waals surface area contributed by atoms with E-state index in [-0.39, 0.29) is 18.1 Å². The number of aromatic nitrogens is 4. The number of fused-ring (bicyclic) bond motifs is 1. The van der Waals surface area contributed by atoms with Gasteiger partial charge in [0.05, 0.1) is 0 Å². The molecule has 2 heterocycles. The molecule has 4 aromatic rings. The van der Waals surface area contributed by atoms with Crippen molar-refractivity contribution in [1.82, 2.24) is 19.2 Å². The van der Waals surface area contributed by atoms with Crippen molar-refractivity contribution >= 4 is 28.8 Å². The minimum absolute atomic E-state index is 0.179. The zero-order chi connectivity index (χ0) is 22.1. The van der Waals surface area contributed by atoms with E-state index in [2.05, 4.69) is 15.4 Å². The average Bonchev–Trinajstić information content (AvgIpc) is 3.05. The smallest absolute Gasteiger partial charge is 0.351 e. The minimum Gasteiger partial charge on any atom is -0.436 e. The lowest BCUT2D eigenvalue weighted by Gasteiger charge is -2.09. The summed E-state index contributed by atoms with van der Waals surface area (Å²) in [6.07, 6.45) is 2.94. The Morgan fingerprint density at radius 2 is 1.97 bits per heavy atom. The first kappa shape index (κ1) is 20.6. The van der Waals surface area contributed by atoms with Gasteiger partial charge in [-0.1, -0.05) is 29.8 Å². The maximum Gasteiger partial charge on any atom is 0.351 e. The number of ether oxygens (including phenoxy) is 1. The molecule has 158 valence electrons. The van der Waals surface area contributed by atoms with Crippen molar-refractivity contribution in [2.75, 3.05) is 5.32 Å². The van der Waals surface area contributed by atoms with Gasteiger partial charge in [-0.25, -0.2) is 18.9 Å². The van der Waals surface area contributed by atoms with Gasteiger partial charge < -0.3 is 10.1 Å². The van der Waals surface area contributed by atoms with E-state index in [1.54, 1.807) is 18.2 Å². The highest BCUT2D eigenvalue weighted by Crippen LogP contribution is 2.27. The van der Waals surface area contributed by atoms with Crippen LogP contribution >= 0.6 is 11.6 Å². The van der Waals surface area contributed by atoms with Gasteiger partial charge in [0, 0.05) is 23.1 Å². The molecule has 1 amide bonds. The van der Waals surface area contributed by atoms with Crippen molar-refractivity contribution in [1.29, 1.82) is 0 Å². The normalized spacial score (nSPS) is 11.0. The highest BCUT2D eigenvalue weighted by atomic mass is 35.5. The summed E-state index contributed by atoms with van der Waals surface area (Å²) in [6, 6.07) is 10.9. The van der Waals surface area contributed by atoms with Gasteiger partial charge in [-0.15, -0.1) is 5.10 Å². The van der Waals surface area contributed by atoms with Crippen molar-refractivity contribution in [3.63, 3.8) is 0 Å². The van der Waals surface area contributed by atoms with Crippen LogP contribution in [0.2, 0.25) is 5.02 Å². The fourth-order valence-electron chi connectivity index (χ4n) is 3.09. The van der Waals surface area contributed by atoms with Crippen LogP contribution in [0.4, 0.5) is 5.69 Å². The third kappa shape index (κ3) is 4.15. The third-order valence-electron chi connectivity index (χ3n) is 5.00. The van der Waals surface area contributed by atoms with Crippen LogP contribution in [0.25, 0.3) is 5.65 Å². The SMILES string of the molecule is Cc1ccc(Cl)cc1NC(=O)Cn1nc2c(Oc3cccc(C)c3C)nccn2c1=O. The van der Waals surface area contributed by atoms with Crippen LogP contribution in [-0.2, 0) is 11.3 Å². The fourth-order valence-corrected chi connectivity index (χ4v) is 3.27. The Balaban J connectivity index is 1.63. The minimum atomic E-state index is -0.471. The number of carbonyl (C=O) groups is 1. The predicted octanol–water partition coefficient (Wildman–Crippen LogP) is 3.90. The second-order valence-corrected chi connectivity index (χ2v) is 7.61. The van der Waals surface area contributed by atoms with Crippen molar-refractivity contribution in [3.8, 4) is 11.6 Å². The molecule has 0 saturated heterocycles. The van der Waals surface area contributed by atoms with E-state index >= 15 is 0 Å². The molecule has 0 aliphatic carbocycles. The number of hydrogen-bond donors (Lipinski definition) is 1. The molecule has 0 aliphatic rings. The standard InChI is InChI=1S/C22H20ClN5O3/c1-13-5-4-6-18(15(13)3)31-21-20-26-28(22(30)27(20)10-9-24-21)12-19(29)25-17-11-16(23)8-7-14(17)2/h4-11H,12H2,1-3H3,(H,25,29). The van der Waals surface area contributed by atoms with Gasteiger partial charge in [0.2, 0.25) is 11.6 Å². The average molecular weight is 438 g/mol. The van der Waals surface area contributed by atoms with Gasteiger partial charge in [0.1, 0.15) is 12.3 Å². The quantitative estimate of drug-likeness (QED) is 0.511. The Bertz CT molecular complexity index is 1360. The lowest BCUT2D eigenvalue weighted by molar-refractivity contribution is -0.117. The number of halogens is 1. The summed E-state index contributed by atoms with van der Waals surface area (Å²) in [5.74, 6) is 0.399. The summed E-state index contributed by atoms with van der Waals surface area (Å²) in [6.45, 7) is 5.51. The van der Waals surface area contributed by atoms with E-state index in [0.717, 1.165) is 21.4 Å². The van der Waals surface area contributed by atoms with E-state index in [4.69, 9.17) is 16.3 Å². The molecular weight excluding hydrogens is 418 g/mol. The summed E-state index contributed by atoms with van der Waals surface area (Å²) in [5.41, 5.74) is 3.22. The molecule has 9 heteroatoms. The first-order valence-corrected chi connectivity index (χ1v) is 9.95. The molecular formula is C22H20ClN5O3. The number of nitrogens with zero attached hydrogens (tertiary/aromatic N) is 4. The van der Waals surface area contributed by atoms with Gasteiger partial charge >= 0.3 is 5.69 Å². The van der Waals surface area contributed by atoms with Crippen molar-refractivity contribution in [2.45, 2.75) is 27.3 Å². The van der Waals surface area contributed by atoms with Crippen LogP contribution in [0.5, 0.6) is 11.6 Å². The van der Waals surface area contributed by atoms with Gasteiger partial charge in [-0.05, 0) is 55.7 Å². The Kier molecular flexibility index (Phi) is 5.48. The number of amides is 1. The van der Waals surface area contributed by atoms with Gasteiger partial charge in [-0.2, -0.15) is 0 Å². The topological polar surface area (TPSA) is 90.5 Å². The molecule has 0 atom stereocenters. The first-order valence-electron chi connectivity index (χ1n) is 9.58. The largest absolute Gasteiger partial charge is 0.436 e. The highest BCUT2D eigenvalue weighted by molar-refractivity contribution is 6.31. The van der Waals surface area contributed by atoms with E-state index < -0.39 is 11.6 Å². The maximum absolute atomic E-state index is 12.7. The molecule has 0 saturated carbocycles. The number of hydrogen-bond acceptors (Lipinski definition) is 5. The molecule has 0 aliphatic heterocycles. The third-order valence-corrected chi connectivity index (χ3v) is 5.23. The number of carbonyl (C=O) groups excluding carboxylic acids is 1. The first-order chi connectivity index (χ1) is 14.8. The van der Waals surface area contributed by atoms with Crippen LogP contribution in [0.3, 0.4) is 0 Å². The number of aryl methyl sites for hydroxylation is 2. The van der Waals surface area contributed by atoms with E-state index in [9.17, 15) is 9.59 Å². The highest BCUT2D eigenvalue weighted by Gasteiger charge is 2.17. The Labute approximate surface area is 183 Å². The van der Waals surface area contributed by atoms with Crippen LogP contribution < -0.4 is 15.7 Å². The van der Waals surface area contributed by atoms with Gasteiger partial charge in [0.25, 0.3) is 5.88 Å². The molecule has 0 radical (unpaired) electrons. The molecule has 2 aromatic heterocycles. The molecule has 31 heavy (non-hydrogen) atoms. The summed E-state index contributed by atoms with van der Waals surface area (Å²) >= 11 is 6.00. The Hall–Kier alpha value is -3.65. The summed E-state index contributed by atoms with van der Waals surface area (Å²) in [7, 11) is 0. The number of rotatable bonds is 5. The second kappa shape index (κ2) is 8.23. The zero-order valence-corrected chi connectivity index (χ0v) is 18.0. The maximum atomic E-state index is 12.7. The lowest BCUT2D eigenvalue weighted by Crippen LogP contribution is -2.28. The van der Waals surface area contributed by atoms with Crippen LogP contribution in [0.1, 0.15) is 16.7 Å². The molecule has 4 rings (SSSR count). The summed E-state index contributed by atoms with van der Waals surface area (Å²) in [5, 5.41) is 7.54. The lowest BCUT2D eigenvalue weighted by atomic mass is 10.1. The monoisotopic (exact) mass is 437 g/mol. The number of nitrogens with one attached hydrogen (secondary N) is 1. The van der Waals surface area contributed by atoms with E-state index in [1.807, 2.05) is 39.0 Å². The molecule has 0 bridgehead atoms. The van der Waals surface area contributed by atoms with Crippen LogP contribution in [0.15, 0.2) is 53.6 Å². The Morgan fingerprint density at radius 1 is 1.16 bits per heavy atom. The van der Waals surface area contributed by atoms with Crippen molar-refractivity contribution < 1.29 is 9.53 Å². The van der Waals surface area contributed by atoms with Crippen molar-refractivity contribution in [2.24, 2.45) is 0 Å². The summed E-state index contributed by atoms with van der Waals surface area (Å²) < 4.78 is 8.31. The molecule has 0 fully saturated rings. The molecule has 0 unspecified atom stereocenters. The zero-order valence-electron chi connectivity index (χ0n) is 17.2. The van der Waals surface area contributed by atoms with Crippen LogP contribution in [0, 0.1) is 20.8 Å². The molecule has 0 spiro atoms.